The standard InChI is InChI=1S/C32H33N3O/c1-21-16-17-26(31(2,3)23-12-5-4-6-13-23)27(18-21)35-30(36)29-28(32(29,19-33)20-34)25-15-9-11-22-10-7-8-14-24(22)25/h4-15,21,26-29H,16-18H2,1-3H3,(H,35,36)/t21-,26-,27-,28-,29+/m1/s1. The van der Waals surface area contributed by atoms with Gasteiger partial charge in [-0.1, -0.05) is 100.0 Å². The number of nitrogens with zero attached hydrogens (tertiary/aromatic N) is 2. The molecule has 0 aliphatic heterocycles. The molecule has 2 aliphatic rings. The summed E-state index contributed by atoms with van der Waals surface area (Å²) >= 11 is 0. The monoisotopic (exact) mass is 475 g/mol. The van der Waals surface area contributed by atoms with Crippen LogP contribution >= 0.6 is 0 Å². The van der Waals surface area contributed by atoms with Crippen LogP contribution in [0.15, 0.2) is 72.8 Å². The van der Waals surface area contributed by atoms with Crippen molar-refractivity contribution in [2.45, 2.75) is 57.4 Å². The van der Waals surface area contributed by atoms with Gasteiger partial charge in [0, 0.05) is 12.0 Å². The Hall–Kier alpha value is -3.63. The lowest BCUT2D eigenvalue weighted by Gasteiger charge is -2.45. The lowest BCUT2D eigenvalue weighted by Crippen LogP contribution is -2.51. The first-order valence-corrected chi connectivity index (χ1v) is 13.0. The molecule has 36 heavy (non-hydrogen) atoms. The molecule has 0 aromatic heterocycles. The van der Waals surface area contributed by atoms with Crippen molar-refractivity contribution in [3.05, 3.63) is 83.9 Å². The number of amides is 1. The van der Waals surface area contributed by atoms with Crippen LogP contribution in [-0.4, -0.2) is 11.9 Å². The van der Waals surface area contributed by atoms with Gasteiger partial charge in [-0.3, -0.25) is 4.79 Å². The van der Waals surface area contributed by atoms with Crippen LogP contribution in [0, 0.1) is 45.8 Å². The van der Waals surface area contributed by atoms with E-state index in [2.05, 4.69) is 62.5 Å². The molecule has 0 radical (unpaired) electrons. The van der Waals surface area contributed by atoms with Crippen LogP contribution in [0.3, 0.4) is 0 Å². The van der Waals surface area contributed by atoms with Crippen molar-refractivity contribution in [3.8, 4) is 12.1 Å². The lowest BCUT2D eigenvalue weighted by atomic mass is 9.63. The predicted molar refractivity (Wildman–Crippen MR) is 142 cm³/mol. The molecule has 4 heteroatoms. The van der Waals surface area contributed by atoms with Gasteiger partial charge in [0.05, 0.1) is 18.1 Å². The Balaban J connectivity index is 1.46. The minimum Gasteiger partial charge on any atom is -0.353 e. The molecule has 0 spiro atoms. The van der Waals surface area contributed by atoms with Gasteiger partial charge in [0.2, 0.25) is 5.91 Å². The Morgan fingerprint density at radius 1 is 0.944 bits per heavy atom. The number of fused-ring (bicyclic) bond motifs is 1. The van der Waals surface area contributed by atoms with Crippen molar-refractivity contribution in [2.75, 3.05) is 0 Å². The minimum absolute atomic E-state index is 0.000286. The van der Waals surface area contributed by atoms with Gasteiger partial charge in [-0.2, -0.15) is 10.5 Å². The summed E-state index contributed by atoms with van der Waals surface area (Å²) in [5, 5.41) is 25.6. The molecule has 3 aromatic carbocycles. The fraction of sp³-hybridized carbons (Fsp3) is 0.406. The molecule has 5 rings (SSSR count). The topological polar surface area (TPSA) is 76.7 Å². The molecule has 0 saturated heterocycles. The van der Waals surface area contributed by atoms with Crippen LogP contribution in [0.5, 0.6) is 0 Å². The third-order valence-corrected chi connectivity index (χ3v) is 8.90. The second-order valence-corrected chi connectivity index (χ2v) is 11.3. The van der Waals surface area contributed by atoms with E-state index in [-0.39, 0.29) is 23.3 Å². The number of hydrogen-bond acceptors (Lipinski definition) is 3. The normalized spacial score (nSPS) is 27.0. The average Bonchev–Trinajstić information content (AvgIpc) is 3.58. The highest BCUT2D eigenvalue weighted by molar-refractivity contribution is 5.92. The Morgan fingerprint density at radius 2 is 1.61 bits per heavy atom. The summed E-state index contributed by atoms with van der Waals surface area (Å²) in [6.07, 6.45) is 3.08. The Kier molecular flexibility index (Phi) is 6.09. The number of nitriles is 2. The van der Waals surface area contributed by atoms with Gasteiger partial charge in [-0.15, -0.1) is 0 Å². The first-order valence-electron chi connectivity index (χ1n) is 13.0. The third-order valence-electron chi connectivity index (χ3n) is 8.90. The van der Waals surface area contributed by atoms with Crippen molar-refractivity contribution in [1.82, 2.24) is 5.32 Å². The number of hydrogen-bond donors (Lipinski definition) is 1. The molecule has 182 valence electrons. The van der Waals surface area contributed by atoms with Gasteiger partial charge in [0.25, 0.3) is 0 Å². The predicted octanol–water partition coefficient (Wildman–Crippen LogP) is 6.49. The Bertz CT molecular complexity index is 1340. The van der Waals surface area contributed by atoms with Gasteiger partial charge in [0.15, 0.2) is 5.41 Å². The molecule has 1 N–H and O–H groups in total. The maximum atomic E-state index is 13.8. The van der Waals surface area contributed by atoms with Crippen LogP contribution in [0.4, 0.5) is 0 Å². The van der Waals surface area contributed by atoms with Gasteiger partial charge >= 0.3 is 0 Å². The minimum atomic E-state index is -1.33. The van der Waals surface area contributed by atoms with Crippen LogP contribution in [0.25, 0.3) is 10.8 Å². The van der Waals surface area contributed by atoms with E-state index < -0.39 is 17.3 Å². The van der Waals surface area contributed by atoms with Crippen molar-refractivity contribution in [1.29, 1.82) is 10.5 Å². The summed E-state index contributed by atoms with van der Waals surface area (Å²) in [6, 6.07) is 28.9. The largest absolute Gasteiger partial charge is 0.353 e. The maximum Gasteiger partial charge on any atom is 0.226 e. The van der Waals surface area contributed by atoms with E-state index in [1.807, 2.05) is 48.5 Å². The second-order valence-electron chi connectivity index (χ2n) is 11.3. The smallest absolute Gasteiger partial charge is 0.226 e. The number of rotatable bonds is 5. The molecule has 2 aliphatic carbocycles. The quantitative estimate of drug-likeness (QED) is 0.458. The van der Waals surface area contributed by atoms with Gasteiger partial charge in [0.1, 0.15) is 0 Å². The number of nitrogens with one attached hydrogen (secondary N) is 1. The SMILES string of the molecule is C[C@@H]1CC[C@@H](C(C)(C)c2ccccc2)[C@H](NC(=O)[C@@H]2[C@@H](c3cccc4ccccc34)C2(C#N)C#N)C1. The first-order chi connectivity index (χ1) is 17.3. The van der Waals surface area contributed by atoms with Crippen molar-refractivity contribution in [3.63, 3.8) is 0 Å². The van der Waals surface area contributed by atoms with Crippen molar-refractivity contribution < 1.29 is 4.79 Å². The molecule has 3 aromatic rings. The Labute approximate surface area is 213 Å². The Morgan fingerprint density at radius 3 is 2.33 bits per heavy atom. The zero-order chi connectivity index (χ0) is 25.5. The van der Waals surface area contributed by atoms with Crippen LogP contribution in [0.2, 0.25) is 0 Å². The van der Waals surface area contributed by atoms with E-state index in [1.165, 1.54) is 5.56 Å². The van der Waals surface area contributed by atoms with Crippen LogP contribution in [-0.2, 0) is 10.2 Å². The second kappa shape index (κ2) is 9.11. The summed E-state index contributed by atoms with van der Waals surface area (Å²) in [6.45, 7) is 6.79. The van der Waals surface area contributed by atoms with Gasteiger partial charge in [-0.05, 0) is 52.0 Å². The van der Waals surface area contributed by atoms with E-state index in [0.717, 1.165) is 35.6 Å². The van der Waals surface area contributed by atoms with Crippen LogP contribution in [0.1, 0.15) is 57.1 Å². The summed E-state index contributed by atoms with van der Waals surface area (Å²) in [5.74, 6) is -0.475. The summed E-state index contributed by atoms with van der Waals surface area (Å²) < 4.78 is 0. The van der Waals surface area contributed by atoms with Crippen molar-refractivity contribution in [2.24, 2.45) is 23.2 Å². The molecule has 5 atom stereocenters. The van der Waals surface area contributed by atoms with Gasteiger partial charge < -0.3 is 5.32 Å². The highest BCUT2D eigenvalue weighted by Crippen LogP contribution is 2.65. The molecule has 2 saturated carbocycles. The fourth-order valence-corrected chi connectivity index (χ4v) is 6.75. The fourth-order valence-electron chi connectivity index (χ4n) is 6.75. The highest BCUT2D eigenvalue weighted by atomic mass is 16.2. The number of carbonyl (C=O) groups excluding carboxylic acids is 1. The van der Waals surface area contributed by atoms with Crippen molar-refractivity contribution >= 4 is 16.7 Å². The average molecular weight is 476 g/mol. The molecule has 0 heterocycles. The summed E-state index contributed by atoms with van der Waals surface area (Å²) in [7, 11) is 0. The molecule has 2 fully saturated rings. The number of carbonyl (C=O) groups is 1. The van der Waals surface area contributed by atoms with Crippen LogP contribution < -0.4 is 5.32 Å². The highest BCUT2D eigenvalue weighted by Gasteiger charge is 2.71. The molecular weight excluding hydrogens is 442 g/mol. The van der Waals surface area contributed by atoms with Gasteiger partial charge in [-0.25, -0.2) is 0 Å². The zero-order valence-electron chi connectivity index (χ0n) is 21.2. The lowest BCUT2D eigenvalue weighted by molar-refractivity contribution is -0.124. The molecule has 1 amide bonds. The van der Waals surface area contributed by atoms with E-state index >= 15 is 0 Å². The first kappa shape index (κ1) is 24.1. The molecule has 0 bridgehead atoms. The number of benzene rings is 3. The molecule has 4 nitrogen and oxygen atoms in total. The zero-order valence-corrected chi connectivity index (χ0v) is 21.2. The van der Waals surface area contributed by atoms with E-state index in [1.54, 1.807) is 0 Å². The maximum absolute atomic E-state index is 13.8. The van der Waals surface area contributed by atoms with E-state index in [4.69, 9.17) is 0 Å². The summed E-state index contributed by atoms with van der Waals surface area (Å²) in [5.41, 5.74) is 0.736. The molecular formula is C32H33N3O. The third kappa shape index (κ3) is 3.86. The molecule has 0 unspecified atom stereocenters. The van der Waals surface area contributed by atoms with E-state index in [9.17, 15) is 15.3 Å². The van der Waals surface area contributed by atoms with E-state index in [0.29, 0.717) is 5.92 Å². The summed E-state index contributed by atoms with van der Waals surface area (Å²) in [4.78, 5) is 13.8.